The lowest BCUT2D eigenvalue weighted by Crippen LogP contribution is -2.02. The number of hydrogen-bond donors (Lipinski definition) is 0. The Morgan fingerprint density at radius 2 is 1.87 bits per heavy atom. The first-order valence-electron chi connectivity index (χ1n) is 7.91. The van der Waals surface area contributed by atoms with E-state index in [1.165, 1.54) is 0 Å². The van der Waals surface area contributed by atoms with Crippen molar-refractivity contribution in [2.75, 3.05) is 0 Å². The summed E-state index contributed by atoms with van der Waals surface area (Å²) < 4.78 is 5.68. The Morgan fingerprint density at radius 3 is 2.70 bits per heavy atom. The van der Waals surface area contributed by atoms with Crippen LogP contribution in [0.5, 0.6) is 0 Å². The van der Waals surface area contributed by atoms with E-state index in [-0.39, 0.29) is 5.78 Å². The van der Waals surface area contributed by atoms with Gasteiger partial charge in [0, 0.05) is 22.9 Å². The Hall–Kier alpha value is -2.79. The zero-order valence-corrected chi connectivity index (χ0v) is 13.1. The molecule has 0 bridgehead atoms. The largest absolute Gasteiger partial charge is 0.453 e. The van der Waals surface area contributed by atoms with Crippen LogP contribution in [-0.2, 0) is 0 Å². The minimum absolute atomic E-state index is 0.124. The number of fused-ring (bicyclic) bond motifs is 1. The molecule has 0 aliphatic rings. The molecule has 2 nitrogen and oxygen atoms in total. The molecule has 0 unspecified atom stereocenters. The second-order valence-corrected chi connectivity index (χ2v) is 5.43. The molecule has 2 aromatic carbocycles. The zero-order chi connectivity index (χ0) is 16.1. The molecule has 1 aromatic heterocycles. The van der Waals surface area contributed by atoms with Gasteiger partial charge < -0.3 is 4.42 Å². The number of furan rings is 1. The summed E-state index contributed by atoms with van der Waals surface area (Å²) in [5, 5.41) is 0.933. The van der Waals surface area contributed by atoms with Crippen LogP contribution in [0.2, 0.25) is 0 Å². The van der Waals surface area contributed by atoms with Gasteiger partial charge in [-0.1, -0.05) is 55.5 Å². The fourth-order valence-electron chi connectivity index (χ4n) is 2.44. The average molecular weight is 302 g/mol. The fourth-order valence-corrected chi connectivity index (χ4v) is 2.44. The highest BCUT2D eigenvalue weighted by atomic mass is 16.3. The number of hydrogen-bond acceptors (Lipinski definition) is 2. The van der Waals surface area contributed by atoms with E-state index in [1.807, 2.05) is 42.5 Å². The highest BCUT2D eigenvalue weighted by Gasteiger charge is 2.16. The lowest BCUT2D eigenvalue weighted by molar-refractivity contribution is 0.101. The third-order valence-electron chi connectivity index (χ3n) is 3.70. The lowest BCUT2D eigenvalue weighted by Gasteiger charge is -2.01. The first-order valence-corrected chi connectivity index (χ1v) is 7.91. The summed E-state index contributed by atoms with van der Waals surface area (Å²) in [4.78, 5) is 12.8. The number of rotatable bonds is 4. The van der Waals surface area contributed by atoms with E-state index in [0.717, 1.165) is 35.8 Å². The van der Waals surface area contributed by atoms with Crippen molar-refractivity contribution >= 4 is 16.8 Å². The summed E-state index contributed by atoms with van der Waals surface area (Å²) in [7, 11) is 0. The van der Waals surface area contributed by atoms with E-state index in [2.05, 4.69) is 18.8 Å². The van der Waals surface area contributed by atoms with Crippen molar-refractivity contribution in [2.45, 2.75) is 26.2 Å². The highest BCUT2D eigenvalue weighted by Crippen LogP contribution is 2.22. The quantitative estimate of drug-likeness (QED) is 0.376. The van der Waals surface area contributed by atoms with Gasteiger partial charge in [0.2, 0.25) is 5.78 Å². The molecule has 2 heteroatoms. The monoisotopic (exact) mass is 302 g/mol. The summed E-state index contributed by atoms with van der Waals surface area (Å²) in [6.07, 6.45) is 3.05. The molecule has 0 atom stereocenters. The van der Waals surface area contributed by atoms with Crippen LogP contribution in [0.15, 0.2) is 59.0 Å². The van der Waals surface area contributed by atoms with E-state index in [4.69, 9.17) is 4.42 Å². The van der Waals surface area contributed by atoms with Gasteiger partial charge in [-0.05, 0) is 30.7 Å². The van der Waals surface area contributed by atoms with Gasteiger partial charge in [-0.3, -0.25) is 4.79 Å². The van der Waals surface area contributed by atoms with Crippen molar-refractivity contribution in [1.29, 1.82) is 0 Å². The highest BCUT2D eigenvalue weighted by molar-refractivity contribution is 6.10. The predicted molar refractivity (Wildman–Crippen MR) is 92.5 cm³/mol. The molecule has 0 aliphatic carbocycles. The van der Waals surface area contributed by atoms with Crippen LogP contribution in [0.25, 0.3) is 11.0 Å². The number of benzene rings is 2. The topological polar surface area (TPSA) is 30.2 Å². The maximum absolute atomic E-state index is 12.8. The van der Waals surface area contributed by atoms with Crippen molar-refractivity contribution in [3.8, 4) is 11.8 Å². The first kappa shape index (κ1) is 15.1. The van der Waals surface area contributed by atoms with Crippen LogP contribution in [0.1, 0.15) is 47.9 Å². The Kier molecular flexibility index (Phi) is 4.59. The minimum atomic E-state index is -0.124. The van der Waals surface area contributed by atoms with E-state index in [1.54, 1.807) is 12.1 Å². The number of carbonyl (C=O) groups is 1. The normalized spacial score (nSPS) is 10.3. The summed E-state index contributed by atoms with van der Waals surface area (Å²) in [5.41, 5.74) is 2.08. The van der Waals surface area contributed by atoms with Gasteiger partial charge in [-0.15, -0.1) is 0 Å². The molecule has 114 valence electrons. The second-order valence-electron chi connectivity index (χ2n) is 5.43. The maximum atomic E-state index is 12.8. The smallest absolute Gasteiger partial charge is 0.229 e. The average Bonchev–Trinajstić information content (AvgIpc) is 3.02. The van der Waals surface area contributed by atoms with Crippen LogP contribution in [-0.4, -0.2) is 5.78 Å². The van der Waals surface area contributed by atoms with Gasteiger partial charge >= 0.3 is 0 Å². The Labute approximate surface area is 136 Å². The molecular formula is C21H18O2. The van der Waals surface area contributed by atoms with Crippen molar-refractivity contribution in [2.24, 2.45) is 0 Å². The summed E-state index contributed by atoms with van der Waals surface area (Å²) in [5.74, 6) is 6.50. The molecule has 0 aliphatic heterocycles. The molecule has 0 saturated carbocycles. The number of carbonyl (C=O) groups excluding carboxylic acids is 1. The molecule has 0 fully saturated rings. The van der Waals surface area contributed by atoms with Gasteiger partial charge in [0.05, 0.1) is 0 Å². The van der Waals surface area contributed by atoms with E-state index in [9.17, 15) is 4.79 Å². The van der Waals surface area contributed by atoms with Crippen molar-refractivity contribution in [1.82, 2.24) is 0 Å². The number of para-hydroxylation sites is 1. The molecule has 0 amide bonds. The van der Waals surface area contributed by atoms with E-state index in [0.29, 0.717) is 11.3 Å². The van der Waals surface area contributed by atoms with E-state index >= 15 is 0 Å². The van der Waals surface area contributed by atoms with Crippen LogP contribution in [0.3, 0.4) is 0 Å². The molecular weight excluding hydrogens is 284 g/mol. The third kappa shape index (κ3) is 3.35. The summed E-state index contributed by atoms with van der Waals surface area (Å²) in [6, 6.07) is 16.9. The second kappa shape index (κ2) is 6.98. The summed E-state index contributed by atoms with van der Waals surface area (Å²) >= 11 is 0. The molecule has 0 radical (unpaired) electrons. The zero-order valence-electron chi connectivity index (χ0n) is 13.1. The molecule has 0 saturated heterocycles. The van der Waals surface area contributed by atoms with Gasteiger partial charge in [0.25, 0.3) is 0 Å². The van der Waals surface area contributed by atoms with Gasteiger partial charge in [-0.25, -0.2) is 0 Å². The van der Waals surface area contributed by atoms with Crippen molar-refractivity contribution in [3.05, 3.63) is 71.5 Å². The third-order valence-corrected chi connectivity index (χ3v) is 3.70. The summed E-state index contributed by atoms with van der Waals surface area (Å²) in [6.45, 7) is 2.14. The number of unbranched alkanes of at least 4 members (excludes halogenated alkanes) is 2. The predicted octanol–water partition coefficient (Wildman–Crippen LogP) is 5.21. The van der Waals surface area contributed by atoms with Crippen molar-refractivity contribution in [3.63, 3.8) is 0 Å². The van der Waals surface area contributed by atoms with Gasteiger partial charge in [0.1, 0.15) is 5.58 Å². The van der Waals surface area contributed by atoms with Gasteiger partial charge in [-0.2, -0.15) is 0 Å². The SMILES string of the molecule is CCCCC#Cc1ccccc1C(=O)c1cc2ccccc2o1. The Bertz CT molecular complexity index is 858. The first-order chi connectivity index (χ1) is 11.3. The molecule has 1 heterocycles. The van der Waals surface area contributed by atoms with Crippen LogP contribution < -0.4 is 0 Å². The minimum Gasteiger partial charge on any atom is -0.453 e. The lowest BCUT2D eigenvalue weighted by atomic mass is 10.0. The molecule has 23 heavy (non-hydrogen) atoms. The van der Waals surface area contributed by atoms with Gasteiger partial charge in [0.15, 0.2) is 5.76 Å². The van der Waals surface area contributed by atoms with Crippen LogP contribution in [0, 0.1) is 11.8 Å². The Balaban J connectivity index is 1.94. The maximum Gasteiger partial charge on any atom is 0.229 e. The standard InChI is InChI=1S/C21H18O2/c1-2-3-4-5-10-16-11-6-8-13-18(16)21(22)20-15-17-12-7-9-14-19(17)23-20/h6-9,11-15H,2-4H2,1H3. The van der Waals surface area contributed by atoms with Crippen molar-refractivity contribution < 1.29 is 9.21 Å². The van der Waals surface area contributed by atoms with Crippen LogP contribution >= 0.6 is 0 Å². The fraction of sp³-hybridized carbons (Fsp3) is 0.190. The molecule has 0 spiro atoms. The Morgan fingerprint density at radius 1 is 1.09 bits per heavy atom. The molecule has 3 rings (SSSR count). The van der Waals surface area contributed by atoms with Crippen LogP contribution in [0.4, 0.5) is 0 Å². The number of ketones is 1. The molecule has 3 aromatic rings. The van der Waals surface area contributed by atoms with E-state index < -0.39 is 0 Å². The molecule has 0 N–H and O–H groups in total.